The molecule has 0 fully saturated rings. The zero-order chi connectivity index (χ0) is 45.8. The van der Waals surface area contributed by atoms with Crippen LogP contribution in [0.1, 0.15) is 290 Å². The molecule has 0 aromatic rings. The lowest BCUT2D eigenvalue weighted by Gasteiger charge is -2.18. The second kappa shape index (κ2) is 52.3. The number of rotatable bonds is 50. The maximum atomic E-state index is 12.7. The van der Waals surface area contributed by atoms with Gasteiger partial charge in [0.15, 0.2) is 6.10 Å². The molecule has 0 aromatic heterocycles. The molecule has 63 heavy (non-hydrogen) atoms. The van der Waals surface area contributed by atoms with Gasteiger partial charge in [-0.05, 0) is 70.6 Å². The van der Waals surface area contributed by atoms with E-state index in [4.69, 9.17) is 14.2 Å². The second-order valence-corrected chi connectivity index (χ2v) is 18.5. The van der Waals surface area contributed by atoms with Gasteiger partial charge in [0.25, 0.3) is 0 Å². The first kappa shape index (κ1) is 60.6. The number of esters is 3. The van der Waals surface area contributed by atoms with Gasteiger partial charge in [-0.2, -0.15) is 0 Å². The van der Waals surface area contributed by atoms with Crippen LogP contribution in [0.15, 0.2) is 36.5 Å². The minimum Gasteiger partial charge on any atom is -0.462 e. The first-order valence-corrected chi connectivity index (χ1v) is 27.5. The molecule has 0 radical (unpaired) electrons. The van der Waals surface area contributed by atoms with E-state index in [1.165, 1.54) is 154 Å². The fraction of sp³-hybridized carbons (Fsp3) is 0.842. The third kappa shape index (κ3) is 50.5. The number of unbranched alkanes of at least 4 members (excludes halogenated alkanes) is 33. The van der Waals surface area contributed by atoms with Crippen molar-refractivity contribution in [1.82, 2.24) is 0 Å². The zero-order valence-electron chi connectivity index (χ0n) is 42.1. The van der Waals surface area contributed by atoms with Gasteiger partial charge in [-0.15, -0.1) is 0 Å². The lowest BCUT2D eigenvalue weighted by Crippen LogP contribution is -2.30. The Morgan fingerprint density at radius 2 is 0.603 bits per heavy atom. The molecule has 0 N–H and O–H groups in total. The Kier molecular flexibility index (Phi) is 50.3. The van der Waals surface area contributed by atoms with Crippen molar-refractivity contribution in [2.45, 2.75) is 297 Å². The van der Waals surface area contributed by atoms with Crippen molar-refractivity contribution in [2.24, 2.45) is 0 Å². The van der Waals surface area contributed by atoms with Crippen molar-refractivity contribution in [3.05, 3.63) is 36.5 Å². The molecule has 0 aromatic carbocycles. The lowest BCUT2D eigenvalue weighted by atomic mass is 10.0. The number of hydrogen-bond donors (Lipinski definition) is 0. The van der Waals surface area contributed by atoms with Crippen molar-refractivity contribution in [3.8, 4) is 0 Å². The van der Waals surface area contributed by atoms with Gasteiger partial charge >= 0.3 is 17.9 Å². The van der Waals surface area contributed by atoms with E-state index in [0.717, 1.165) is 96.3 Å². The summed E-state index contributed by atoms with van der Waals surface area (Å²) in [5.41, 5.74) is 0. The van der Waals surface area contributed by atoms with Crippen molar-refractivity contribution in [3.63, 3.8) is 0 Å². The van der Waals surface area contributed by atoms with Gasteiger partial charge in [0.05, 0.1) is 0 Å². The average molecular weight is 885 g/mol. The van der Waals surface area contributed by atoms with Crippen molar-refractivity contribution < 1.29 is 28.6 Å². The first-order chi connectivity index (χ1) is 31.0. The van der Waals surface area contributed by atoms with E-state index in [-0.39, 0.29) is 31.1 Å². The highest BCUT2D eigenvalue weighted by Gasteiger charge is 2.19. The van der Waals surface area contributed by atoms with Gasteiger partial charge in [-0.25, -0.2) is 0 Å². The summed E-state index contributed by atoms with van der Waals surface area (Å²) in [4.78, 5) is 37.6. The third-order valence-electron chi connectivity index (χ3n) is 12.1. The van der Waals surface area contributed by atoms with E-state index in [2.05, 4.69) is 57.2 Å². The topological polar surface area (TPSA) is 78.9 Å². The molecule has 368 valence electrons. The highest BCUT2D eigenvalue weighted by Crippen LogP contribution is 2.16. The Morgan fingerprint density at radius 1 is 0.317 bits per heavy atom. The highest BCUT2D eigenvalue weighted by atomic mass is 16.6. The van der Waals surface area contributed by atoms with Crippen LogP contribution in [0.5, 0.6) is 0 Å². The molecule has 0 saturated carbocycles. The second-order valence-electron chi connectivity index (χ2n) is 18.5. The normalized spacial score (nSPS) is 12.2. The van der Waals surface area contributed by atoms with Crippen LogP contribution in [0.3, 0.4) is 0 Å². The van der Waals surface area contributed by atoms with E-state index in [1.54, 1.807) is 0 Å². The largest absolute Gasteiger partial charge is 0.462 e. The van der Waals surface area contributed by atoms with Crippen LogP contribution in [0.25, 0.3) is 0 Å². The summed E-state index contributed by atoms with van der Waals surface area (Å²) in [6.45, 7) is 6.50. The molecule has 0 aliphatic rings. The van der Waals surface area contributed by atoms with Crippen molar-refractivity contribution in [1.29, 1.82) is 0 Å². The first-order valence-electron chi connectivity index (χ1n) is 27.5. The van der Waals surface area contributed by atoms with E-state index < -0.39 is 6.10 Å². The van der Waals surface area contributed by atoms with Gasteiger partial charge in [0.1, 0.15) is 13.2 Å². The van der Waals surface area contributed by atoms with Crippen LogP contribution >= 0.6 is 0 Å². The Morgan fingerprint density at radius 3 is 0.952 bits per heavy atom. The highest BCUT2D eigenvalue weighted by molar-refractivity contribution is 5.71. The van der Waals surface area contributed by atoms with Crippen LogP contribution in [0.4, 0.5) is 0 Å². The summed E-state index contributed by atoms with van der Waals surface area (Å²) in [5.74, 6) is -0.895. The summed E-state index contributed by atoms with van der Waals surface area (Å²) < 4.78 is 16.7. The maximum Gasteiger partial charge on any atom is 0.306 e. The molecular weight excluding hydrogens is 781 g/mol. The smallest absolute Gasteiger partial charge is 0.306 e. The molecule has 0 saturated heterocycles. The lowest BCUT2D eigenvalue weighted by molar-refractivity contribution is -0.167. The Hall–Kier alpha value is -2.37. The summed E-state index contributed by atoms with van der Waals surface area (Å²) in [7, 11) is 0. The zero-order valence-corrected chi connectivity index (χ0v) is 42.1. The van der Waals surface area contributed by atoms with Gasteiger partial charge in [0.2, 0.25) is 0 Å². The minimum absolute atomic E-state index is 0.0758. The molecule has 0 aliphatic carbocycles. The molecule has 1 unspecified atom stereocenters. The predicted octanol–water partition coefficient (Wildman–Crippen LogP) is 18.1. The summed E-state index contributed by atoms with van der Waals surface area (Å²) in [6.07, 6.45) is 61.9. The molecule has 0 aliphatic heterocycles. The van der Waals surface area contributed by atoms with Gasteiger partial charge in [-0.3, -0.25) is 14.4 Å². The van der Waals surface area contributed by atoms with Gasteiger partial charge in [0, 0.05) is 19.3 Å². The molecule has 0 spiro atoms. The van der Waals surface area contributed by atoms with Crippen LogP contribution < -0.4 is 0 Å². The van der Waals surface area contributed by atoms with E-state index in [9.17, 15) is 14.4 Å². The standard InChI is InChI=1S/C57H104O6/c1-4-7-10-13-15-17-19-21-22-23-24-25-26-27-28-29-30-31-32-33-34-36-37-39-41-44-47-50-56(59)62-53-54(52-61-55(58)49-46-43-12-9-6-3)63-57(60)51-48-45-42-40-38-35-20-18-16-14-11-8-5-2/h11,14,18,20,23-24,54H,4-10,12-13,15-17,19,21-22,25-53H2,1-3H3/b14-11-,20-18-,24-23-. The summed E-state index contributed by atoms with van der Waals surface area (Å²) in [6, 6.07) is 0. The average Bonchev–Trinajstić information content (AvgIpc) is 3.28. The van der Waals surface area contributed by atoms with E-state index >= 15 is 0 Å². The molecule has 6 nitrogen and oxygen atoms in total. The number of hydrogen-bond acceptors (Lipinski definition) is 6. The van der Waals surface area contributed by atoms with E-state index in [1.807, 2.05) is 0 Å². The number of carbonyl (C=O) groups is 3. The van der Waals surface area contributed by atoms with Crippen molar-refractivity contribution in [2.75, 3.05) is 13.2 Å². The van der Waals surface area contributed by atoms with Crippen LogP contribution in [-0.2, 0) is 28.6 Å². The van der Waals surface area contributed by atoms with Crippen LogP contribution in [0, 0.1) is 0 Å². The molecular formula is C57H104O6. The van der Waals surface area contributed by atoms with Crippen LogP contribution in [0.2, 0.25) is 0 Å². The Labute approximate surface area is 391 Å². The van der Waals surface area contributed by atoms with E-state index in [0.29, 0.717) is 19.3 Å². The monoisotopic (exact) mass is 885 g/mol. The minimum atomic E-state index is -0.772. The fourth-order valence-corrected chi connectivity index (χ4v) is 7.95. The summed E-state index contributed by atoms with van der Waals surface area (Å²) in [5, 5.41) is 0. The van der Waals surface area contributed by atoms with Crippen LogP contribution in [-0.4, -0.2) is 37.2 Å². The van der Waals surface area contributed by atoms with Crippen molar-refractivity contribution >= 4 is 17.9 Å². The van der Waals surface area contributed by atoms with Gasteiger partial charge in [-0.1, -0.05) is 237 Å². The molecule has 0 heterocycles. The quantitative estimate of drug-likeness (QED) is 0.0262. The number of allylic oxidation sites excluding steroid dienone is 6. The molecule has 0 amide bonds. The maximum absolute atomic E-state index is 12.7. The predicted molar refractivity (Wildman–Crippen MR) is 270 cm³/mol. The Bertz CT molecular complexity index is 1060. The fourth-order valence-electron chi connectivity index (χ4n) is 7.95. The molecule has 6 heteroatoms. The molecule has 0 rings (SSSR count). The SMILES string of the molecule is CCC/C=C\C/C=C\CCCCCCCC(=O)OC(COC(=O)CCCCCCC)COC(=O)CCCCCCCCCCCCCCCCC/C=C\CCCCCCCCCC. The molecule has 1 atom stereocenters. The third-order valence-corrected chi connectivity index (χ3v) is 12.1. The number of carbonyl (C=O) groups excluding carboxylic acids is 3. The number of ether oxygens (including phenoxy) is 3. The summed E-state index contributed by atoms with van der Waals surface area (Å²) >= 11 is 0. The Balaban J connectivity index is 3.98. The van der Waals surface area contributed by atoms with Gasteiger partial charge < -0.3 is 14.2 Å². The molecule has 0 bridgehead atoms.